The van der Waals surface area contributed by atoms with E-state index in [0.717, 1.165) is 17.0 Å². The zero-order chi connectivity index (χ0) is 16.7. The lowest BCUT2D eigenvalue weighted by Gasteiger charge is -2.15. The lowest BCUT2D eigenvalue weighted by Crippen LogP contribution is -2.31. The van der Waals surface area contributed by atoms with Crippen LogP contribution in [0.5, 0.6) is 5.75 Å². The highest BCUT2D eigenvalue weighted by atomic mass is 16.5. The minimum Gasteiger partial charge on any atom is -0.497 e. The summed E-state index contributed by atoms with van der Waals surface area (Å²) in [4.78, 5) is 12.2. The normalized spacial score (nSPS) is 11.2. The van der Waals surface area contributed by atoms with Gasteiger partial charge in [0.25, 0.3) is 0 Å². The van der Waals surface area contributed by atoms with Crippen molar-refractivity contribution in [2.75, 3.05) is 17.7 Å². The van der Waals surface area contributed by atoms with Crippen LogP contribution in [-0.2, 0) is 11.2 Å². The van der Waals surface area contributed by atoms with Crippen LogP contribution < -0.4 is 15.4 Å². The zero-order valence-electron chi connectivity index (χ0n) is 13.2. The molecule has 0 saturated heterocycles. The summed E-state index contributed by atoms with van der Waals surface area (Å²) in [6.07, 6.45) is 0.383. The van der Waals surface area contributed by atoms with Crippen molar-refractivity contribution in [1.82, 2.24) is 0 Å². The van der Waals surface area contributed by atoms with Gasteiger partial charge in [-0.2, -0.15) is 5.26 Å². The highest BCUT2D eigenvalue weighted by molar-refractivity contribution is 5.96. The van der Waals surface area contributed by atoms with Gasteiger partial charge < -0.3 is 15.4 Å². The number of anilines is 2. The average molecular weight is 309 g/mol. The van der Waals surface area contributed by atoms with Crippen LogP contribution in [0.25, 0.3) is 0 Å². The fraction of sp³-hybridized carbons (Fsp3) is 0.222. The minimum absolute atomic E-state index is 0.128. The fourth-order valence-corrected chi connectivity index (χ4v) is 2.05. The van der Waals surface area contributed by atoms with Gasteiger partial charge >= 0.3 is 0 Å². The van der Waals surface area contributed by atoms with Crippen molar-refractivity contribution in [3.8, 4) is 11.8 Å². The smallest absolute Gasteiger partial charge is 0.246 e. The maximum Gasteiger partial charge on any atom is 0.246 e. The van der Waals surface area contributed by atoms with Crippen LogP contribution >= 0.6 is 0 Å². The molecular weight excluding hydrogens is 290 g/mol. The second kappa shape index (κ2) is 7.85. The Morgan fingerprint density at radius 2 is 1.74 bits per heavy atom. The molecule has 23 heavy (non-hydrogen) atoms. The van der Waals surface area contributed by atoms with Gasteiger partial charge in [0.05, 0.1) is 19.6 Å². The number of benzene rings is 2. The van der Waals surface area contributed by atoms with E-state index in [2.05, 4.69) is 16.7 Å². The van der Waals surface area contributed by atoms with E-state index >= 15 is 0 Å². The van der Waals surface area contributed by atoms with Gasteiger partial charge in [-0.1, -0.05) is 12.1 Å². The molecule has 1 atom stereocenters. The quantitative estimate of drug-likeness (QED) is 0.859. The van der Waals surface area contributed by atoms with Crippen LogP contribution in [0.3, 0.4) is 0 Å². The van der Waals surface area contributed by atoms with E-state index in [4.69, 9.17) is 10.00 Å². The first kappa shape index (κ1) is 16.4. The standard InChI is InChI=1S/C18H19N3O2/c1-13(20-15-5-3-14(4-6-15)11-12-19)18(22)21-16-7-9-17(23-2)10-8-16/h3-10,13,20H,11H2,1-2H3,(H,21,22). The molecule has 1 unspecified atom stereocenters. The Bertz CT molecular complexity index is 688. The van der Waals surface area contributed by atoms with Crippen molar-refractivity contribution in [2.45, 2.75) is 19.4 Å². The van der Waals surface area contributed by atoms with Gasteiger partial charge in [0.1, 0.15) is 11.8 Å². The number of nitrogens with one attached hydrogen (secondary N) is 2. The molecule has 0 aliphatic carbocycles. The maximum absolute atomic E-state index is 12.2. The molecule has 0 fully saturated rings. The van der Waals surface area contributed by atoms with Gasteiger partial charge in [0.2, 0.25) is 5.91 Å². The summed E-state index contributed by atoms with van der Waals surface area (Å²) in [6, 6.07) is 16.4. The van der Waals surface area contributed by atoms with Gasteiger partial charge in [-0.15, -0.1) is 0 Å². The Morgan fingerprint density at radius 3 is 2.30 bits per heavy atom. The Labute approximate surface area is 135 Å². The highest BCUT2D eigenvalue weighted by Gasteiger charge is 2.12. The molecule has 0 aliphatic rings. The predicted octanol–water partition coefficient (Wildman–Crippen LogP) is 3.20. The molecule has 0 aliphatic heterocycles. The van der Waals surface area contributed by atoms with Crippen molar-refractivity contribution >= 4 is 17.3 Å². The zero-order valence-corrected chi connectivity index (χ0v) is 13.2. The van der Waals surface area contributed by atoms with Crippen LogP contribution in [-0.4, -0.2) is 19.1 Å². The van der Waals surface area contributed by atoms with Crippen molar-refractivity contribution in [3.63, 3.8) is 0 Å². The molecule has 0 heterocycles. The summed E-state index contributed by atoms with van der Waals surface area (Å²) in [5.74, 6) is 0.614. The molecule has 2 aromatic carbocycles. The van der Waals surface area contributed by atoms with Crippen molar-refractivity contribution in [1.29, 1.82) is 5.26 Å². The van der Waals surface area contributed by atoms with Crippen molar-refractivity contribution < 1.29 is 9.53 Å². The number of methoxy groups -OCH3 is 1. The van der Waals surface area contributed by atoms with Crippen LogP contribution in [0.15, 0.2) is 48.5 Å². The number of carbonyl (C=O) groups is 1. The summed E-state index contributed by atoms with van der Waals surface area (Å²) in [5.41, 5.74) is 2.51. The molecular formula is C18H19N3O2. The molecule has 2 rings (SSSR count). The SMILES string of the molecule is COc1ccc(NC(=O)C(C)Nc2ccc(CC#N)cc2)cc1. The number of rotatable bonds is 6. The van der Waals surface area contributed by atoms with E-state index in [1.807, 2.05) is 24.3 Å². The first-order valence-corrected chi connectivity index (χ1v) is 7.29. The highest BCUT2D eigenvalue weighted by Crippen LogP contribution is 2.16. The lowest BCUT2D eigenvalue weighted by molar-refractivity contribution is -0.116. The molecule has 5 heteroatoms. The second-order valence-electron chi connectivity index (χ2n) is 5.12. The van der Waals surface area contributed by atoms with Crippen LogP contribution in [0.1, 0.15) is 12.5 Å². The molecule has 1 amide bonds. The van der Waals surface area contributed by atoms with E-state index in [9.17, 15) is 4.79 Å². The fourth-order valence-electron chi connectivity index (χ4n) is 2.05. The van der Waals surface area contributed by atoms with E-state index in [0.29, 0.717) is 12.1 Å². The number of carbonyl (C=O) groups excluding carboxylic acids is 1. The van der Waals surface area contributed by atoms with Crippen LogP contribution in [0.4, 0.5) is 11.4 Å². The number of hydrogen-bond donors (Lipinski definition) is 2. The number of hydrogen-bond acceptors (Lipinski definition) is 4. The third-order valence-corrected chi connectivity index (χ3v) is 3.37. The molecule has 2 aromatic rings. The Hall–Kier alpha value is -3.00. The average Bonchev–Trinajstić information content (AvgIpc) is 2.57. The number of ether oxygens (including phenoxy) is 1. The summed E-state index contributed by atoms with van der Waals surface area (Å²) >= 11 is 0. The number of nitrogens with zero attached hydrogens (tertiary/aromatic N) is 1. The molecule has 2 N–H and O–H groups in total. The molecule has 5 nitrogen and oxygen atoms in total. The molecule has 0 spiro atoms. The second-order valence-corrected chi connectivity index (χ2v) is 5.12. The first-order valence-electron chi connectivity index (χ1n) is 7.29. The van der Waals surface area contributed by atoms with Crippen LogP contribution in [0, 0.1) is 11.3 Å². The van der Waals surface area contributed by atoms with E-state index < -0.39 is 0 Å². The topological polar surface area (TPSA) is 74.2 Å². The van der Waals surface area contributed by atoms with E-state index in [1.54, 1.807) is 38.3 Å². The third-order valence-electron chi connectivity index (χ3n) is 3.37. The first-order chi connectivity index (χ1) is 11.1. The molecule has 0 radical (unpaired) electrons. The molecule has 0 aromatic heterocycles. The summed E-state index contributed by atoms with van der Waals surface area (Å²) in [6.45, 7) is 1.79. The lowest BCUT2D eigenvalue weighted by atomic mass is 10.1. The Kier molecular flexibility index (Phi) is 5.59. The summed E-state index contributed by atoms with van der Waals surface area (Å²) in [5, 5.41) is 14.6. The van der Waals surface area contributed by atoms with Crippen molar-refractivity contribution in [3.05, 3.63) is 54.1 Å². The monoisotopic (exact) mass is 309 g/mol. The minimum atomic E-state index is -0.390. The Balaban J connectivity index is 1.92. The van der Waals surface area contributed by atoms with Crippen LogP contribution in [0.2, 0.25) is 0 Å². The molecule has 118 valence electrons. The Morgan fingerprint density at radius 1 is 1.13 bits per heavy atom. The van der Waals surface area contributed by atoms with Gasteiger partial charge in [-0.25, -0.2) is 0 Å². The van der Waals surface area contributed by atoms with Gasteiger partial charge in [0, 0.05) is 11.4 Å². The largest absolute Gasteiger partial charge is 0.497 e. The predicted molar refractivity (Wildman–Crippen MR) is 90.5 cm³/mol. The van der Waals surface area contributed by atoms with E-state index in [1.165, 1.54) is 0 Å². The number of amides is 1. The molecule has 0 bridgehead atoms. The van der Waals surface area contributed by atoms with Gasteiger partial charge in [-0.05, 0) is 48.9 Å². The van der Waals surface area contributed by atoms with Gasteiger partial charge in [-0.3, -0.25) is 4.79 Å². The third kappa shape index (κ3) is 4.75. The number of nitriles is 1. The molecule has 0 saturated carbocycles. The summed E-state index contributed by atoms with van der Waals surface area (Å²) < 4.78 is 5.08. The maximum atomic E-state index is 12.2. The van der Waals surface area contributed by atoms with Crippen molar-refractivity contribution in [2.24, 2.45) is 0 Å². The van der Waals surface area contributed by atoms with Gasteiger partial charge in [0.15, 0.2) is 0 Å². The summed E-state index contributed by atoms with van der Waals surface area (Å²) in [7, 11) is 1.60. The van der Waals surface area contributed by atoms with E-state index in [-0.39, 0.29) is 11.9 Å².